The van der Waals surface area contributed by atoms with Gasteiger partial charge in [-0.3, -0.25) is 4.98 Å². The molecule has 78 valence electrons. The van der Waals surface area contributed by atoms with Gasteiger partial charge in [-0.2, -0.15) is 11.8 Å². The summed E-state index contributed by atoms with van der Waals surface area (Å²) >= 11 is 5.29. The van der Waals surface area contributed by atoms with Gasteiger partial charge < -0.3 is 4.74 Å². The second-order valence-corrected chi connectivity index (χ2v) is 5.05. The summed E-state index contributed by atoms with van der Waals surface area (Å²) in [4.78, 5) is 4.02. The number of nitrogens with zero attached hydrogens (tertiary/aromatic N) is 1. The van der Waals surface area contributed by atoms with Crippen LogP contribution in [0.25, 0.3) is 0 Å². The summed E-state index contributed by atoms with van der Waals surface area (Å²) in [5, 5.41) is 0. The van der Waals surface area contributed by atoms with Gasteiger partial charge in [0.15, 0.2) is 0 Å². The lowest BCUT2D eigenvalue weighted by atomic mass is 10.4. The molecular weight excluding hydrogens is 262 g/mol. The highest BCUT2D eigenvalue weighted by Gasteiger charge is 1.95. The Hall–Kier alpha value is -0.220. The Morgan fingerprint density at radius 3 is 3.07 bits per heavy atom. The molecule has 0 aliphatic heterocycles. The fraction of sp³-hybridized carbons (Fsp3) is 0.500. The van der Waals surface area contributed by atoms with Crippen LogP contribution < -0.4 is 4.74 Å². The molecule has 0 aromatic carbocycles. The van der Waals surface area contributed by atoms with E-state index in [4.69, 9.17) is 4.74 Å². The van der Waals surface area contributed by atoms with E-state index in [0.29, 0.717) is 0 Å². The molecular formula is C10H14BrNOS. The average Bonchev–Trinajstić information content (AvgIpc) is 2.18. The van der Waals surface area contributed by atoms with Crippen LogP contribution in [-0.4, -0.2) is 23.1 Å². The van der Waals surface area contributed by atoms with Crippen molar-refractivity contribution in [1.29, 1.82) is 0 Å². The van der Waals surface area contributed by atoms with Gasteiger partial charge in [-0.15, -0.1) is 0 Å². The van der Waals surface area contributed by atoms with Gasteiger partial charge >= 0.3 is 0 Å². The summed E-state index contributed by atoms with van der Waals surface area (Å²) in [6.07, 6.45) is 4.57. The van der Waals surface area contributed by atoms with E-state index in [9.17, 15) is 0 Å². The van der Waals surface area contributed by atoms with Crippen LogP contribution >= 0.6 is 27.7 Å². The van der Waals surface area contributed by atoms with E-state index in [1.807, 2.05) is 17.8 Å². The summed E-state index contributed by atoms with van der Waals surface area (Å²) < 4.78 is 6.48. The maximum Gasteiger partial charge on any atom is 0.138 e. The van der Waals surface area contributed by atoms with Gasteiger partial charge in [0.1, 0.15) is 5.75 Å². The quantitative estimate of drug-likeness (QED) is 0.744. The Morgan fingerprint density at radius 1 is 1.50 bits per heavy atom. The van der Waals surface area contributed by atoms with E-state index in [1.54, 1.807) is 12.4 Å². The summed E-state index contributed by atoms with van der Waals surface area (Å²) in [6, 6.07) is 1.93. The van der Waals surface area contributed by atoms with Gasteiger partial charge in [-0.1, -0.05) is 6.92 Å². The van der Waals surface area contributed by atoms with Crippen LogP contribution in [0.5, 0.6) is 5.75 Å². The number of hydrogen-bond donors (Lipinski definition) is 0. The first-order valence-electron chi connectivity index (χ1n) is 4.64. The van der Waals surface area contributed by atoms with Gasteiger partial charge in [-0.25, -0.2) is 0 Å². The highest BCUT2D eigenvalue weighted by molar-refractivity contribution is 9.10. The monoisotopic (exact) mass is 275 g/mol. The van der Waals surface area contributed by atoms with E-state index < -0.39 is 0 Å². The zero-order chi connectivity index (χ0) is 10.2. The molecule has 1 aromatic rings. The lowest BCUT2D eigenvalue weighted by molar-refractivity contribution is 0.317. The second kappa shape index (κ2) is 7.12. The normalized spacial score (nSPS) is 10.1. The lowest BCUT2D eigenvalue weighted by Gasteiger charge is -2.05. The Balaban J connectivity index is 2.18. The Bertz CT molecular complexity index is 270. The summed E-state index contributed by atoms with van der Waals surface area (Å²) in [5.41, 5.74) is 0. The van der Waals surface area contributed by atoms with Crippen molar-refractivity contribution in [2.75, 3.05) is 18.1 Å². The second-order valence-electron chi connectivity index (χ2n) is 2.74. The van der Waals surface area contributed by atoms with Crippen LogP contribution in [0.4, 0.5) is 0 Å². The summed E-state index contributed by atoms with van der Waals surface area (Å²) in [7, 11) is 0. The SMILES string of the molecule is CCSCCCOc1cncc(Br)c1. The first kappa shape index (κ1) is 11.9. The minimum absolute atomic E-state index is 0.769. The molecule has 1 rings (SSSR count). The molecule has 2 nitrogen and oxygen atoms in total. The minimum Gasteiger partial charge on any atom is -0.492 e. The van der Waals surface area contributed by atoms with Gasteiger partial charge in [0.05, 0.1) is 12.8 Å². The van der Waals surface area contributed by atoms with E-state index in [0.717, 1.165) is 29.0 Å². The van der Waals surface area contributed by atoms with E-state index in [-0.39, 0.29) is 0 Å². The maximum absolute atomic E-state index is 5.53. The molecule has 0 saturated carbocycles. The van der Waals surface area contributed by atoms with Crippen molar-refractivity contribution in [3.8, 4) is 5.75 Å². The highest BCUT2D eigenvalue weighted by Crippen LogP contribution is 2.16. The molecule has 4 heteroatoms. The van der Waals surface area contributed by atoms with Crippen molar-refractivity contribution in [3.05, 3.63) is 22.9 Å². The molecule has 0 aliphatic rings. The Morgan fingerprint density at radius 2 is 2.36 bits per heavy atom. The number of pyridine rings is 1. The van der Waals surface area contributed by atoms with E-state index >= 15 is 0 Å². The van der Waals surface area contributed by atoms with Crippen LogP contribution in [0, 0.1) is 0 Å². The molecule has 1 aromatic heterocycles. The molecule has 1 heterocycles. The zero-order valence-corrected chi connectivity index (χ0v) is 10.6. The first-order chi connectivity index (χ1) is 6.83. The van der Waals surface area contributed by atoms with Crippen LogP contribution in [0.1, 0.15) is 13.3 Å². The summed E-state index contributed by atoms with van der Waals surface area (Å²) in [6.45, 7) is 2.94. The lowest BCUT2D eigenvalue weighted by Crippen LogP contribution is -1.99. The van der Waals surface area contributed by atoms with Crippen LogP contribution in [0.2, 0.25) is 0 Å². The number of hydrogen-bond acceptors (Lipinski definition) is 3. The number of aromatic nitrogens is 1. The fourth-order valence-corrected chi connectivity index (χ4v) is 1.92. The third kappa shape index (κ3) is 4.86. The number of rotatable bonds is 6. The standard InChI is InChI=1S/C10H14BrNOS/c1-2-14-5-3-4-13-10-6-9(11)7-12-8-10/h6-8H,2-5H2,1H3. The first-order valence-corrected chi connectivity index (χ1v) is 6.59. The molecule has 0 fully saturated rings. The molecule has 0 aliphatic carbocycles. The van der Waals surface area contributed by atoms with Gasteiger partial charge in [0, 0.05) is 10.7 Å². The van der Waals surface area contributed by atoms with Crippen molar-refractivity contribution in [2.24, 2.45) is 0 Å². The van der Waals surface area contributed by atoms with E-state index in [2.05, 4.69) is 27.8 Å². The van der Waals surface area contributed by atoms with Gasteiger partial charge in [0.25, 0.3) is 0 Å². The number of halogens is 1. The fourth-order valence-electron chi connectivity index (χ4n) is 0.967. The maximum atomic E-state index is 5.53. The van der Waals surface area contributed by atoms with E-state index in [1.165, 1.54) is 5.75 Å². The largest absolute Gasteiger partial charge is 0.492 e. The Kier molecular flexibility index (Phi) is 6.03. The third-order valence-electron chi connectivity index (χ3n) is 1.59. The molecule has 0 saturated heterocycles. The van der Waals surface area contributed by atoms with Crippen LogP contribution in [0.15, 0.2) is 22.9 Å². The minimum atomic E-state index is 0.769. The molecule has 0 bridgehead atoms. The molecule has 0 spiro atoms. The third-order valence-corrected chi connectivity index (χ3v) is 3.00. The molecule has 0 radical (unpaired) electrons. The van der Waals surface area contributed by atoms with Crippen LogP contribution in [-0.2, 0) is 0 Å². The van der Waals surface area contributed by atoms with Crippen molar-refractivity contribution in [1.82, 2.24) is 4.98 Å². The topological polar surface area (TPSA) is 22.1 Å². The highest BCUT2D eigenvalue weighted by atomic mass is 79.9. The zero-order valence-electron chi connectivity index (χ0n) is 8.20. The summed E-state index contributed by atoms with van der Waals surface area (Å²) in [5.74, 6) is 3.18. The molecule has 0 amide bonds. The number of ether oxygens (including phenoxy) is 1. The van der Waals surface area contributed by atoms with Crippen molar-refractivity contribution >= 4 is 27.7 Å². The van der Waals surface area contributed by atoms with Gasteiger partial charge in [-0.05, 0) is 39.9 Å². The van der Waals surface area contributed by atoms with Crippen molar-refractivity contribution in [2.45, 2.75) is 13.3 Å². The molecule has 0 N–H and O–H groups in total. The Labute approximate surface area is 97.6 Å². The molecule has 14 heavy (non-hydrogen) atoms. The molecule has 0 atom stereocenters. The van der Waals surface area contributed by atoms with Crippen molar-refractivity contribution in [3.63, 3.8) is 0 Å². The van der Waals surface area contributed by atoms with Crippen LogP contribution in [0.3, 0.4) is 0 Å². The van der Waals surface area contributed by atoms with Gasteiger partial charge in [0.2, 0.25) is 0 Å². The number of thioether (sulfide) groups is 1. The average molecular weight is 276 g/mol. The smallest absolute Gasteiger partial charge is 0.138 e. The molecule has 0 unspecified atom stereocenters. The predicted molar refractivity (Wildman–Crippen MR) is 65.0 cm³/mol. The predicted octanol–water partition coefficient (Wildman–Crippen LogP) is 3.37. The van der Waals surface area contributed by atoms with Crippen molar-refractivity contribution < 1.29 is 4.74 Å².